The molecule has 0 bridgehead atoms. The average molecular weight is 321 g/mol. The zero-order valence-electron chi connectivity index (χ0n) is 12.8. The molecule has 2 aliphatic rings. The molecule has 4 nitrogen and oxygen atoms in total. The van der Waals surface area contributed by atoms with Gasteiger partial charge in [0.15, 0.2) is 0 Å². The fourth-order valence-corrected chi connectivity index (χ4v) is 3.68. The summed E-state index contributed by atoms with van der Waals surface area (Å²) in [5.74, 6) is 0.0375. The lowest BCUT2D eigenvalue weighted by molar-refractivity contribution is -0.145. The minimum atomic E-state index is -0.163. The zero-order valence-corrected chi connectivity index (χ0v) is 13.6. The minimum Gasteiger partial charge on any atom is -0.346 e. The maximum atomic E-state index is 12.8. The van der Waals surface area contributed by atoms with Gasteiger partial charge in [0.05, 0.1) is 6.04 Å². The highest BCUT2D eigenvalue weighted by molar-refractivity contribution is 6.30. The Morgan fingerprint density at radius 3 is 2.82 bits per heavy atom. The maximum absolute atomic E-state index is 12.8. The molecule has 0 aromatic heterocycles. The topological polar surface area (TPSA) is 40.6 Å². The van der Waals surface area contributed by atoms with Gasteiger partial charge in [0.25, 0.3) is 0 Å². The summed E-state index contributed by atoms with van der Waals surface area (Å²) in [5, 5.41) is 0.700. The predicted octanol–water partition coefficient (Wildman–Crippen LogP) is 2.87. The molecule has 0 radical (unpaired) electrons. The van der Waals surface area contributed by atoms with Gasteiger partial charge < -0.3 is 9.80 Å². The van der Waals surface area contributed by atoms with Gasteiger partial charge in [-0.05, 0) is 37.0 Å². The summed E-state index contributed by atoms with van der Waals surface area (Å²) in [4.78, 5) is 28.4. The number of nitrogens with zero attached hydrogens (tertiary/aromatic N) is 2. The second-order valence-corrected chi connectivity index (χ2v) is 6.69. The van der Waals surface area contributed by atoms with E-state index in [0.717, 1.165) is 31.4 Å². The number of benzene rings is 1. The first-order valence-corrected chi connectivity index (χ1v) is 8.24. The Bertz CT molecular complexity index is 590. The van der Waals surface area contributed by atoms with Gasteiger partial charge in [-0.25, -0.2) is 0 Å². The van der Waals surface area contributed by atoms with E-state index in [2.05, 4.69) is 0 Å². The number of rotatable bonds is 2. The van der Waals surface area contributed by atoms with Crippen molar-refractivity contribution in [3.05, 3.63) is 34.9 Å². The standard InChI is InChI=1S/C17H21ClN2O2/c1-19-9-7-13(11-16(19)21)17(22)20-8-3-6-15(20)12-4-2-5-14(18)10-12/h2,4-5,10,13,15H,3,6-9,11H2,1H3/t13-,15-/m0/s1. The minimum absolute atomic E-state index is 0.0723. The molecule has 0 N–H and O–H groups in total. The Balaban J connectivity index is 1.75. The SMILES string of the molecule is CN1CC[C@H](C(=O)N2CCC[C@H]2c2cccc(Cl)c2)CC1=O. The second kappa shape index (κ2) is 6.29. The van der Waals surface area contributed by atoms with E-state index in [1.54, 1.807) is 11.9 Å². The van der Waals surface area contributed by atoms with E-state index in [4.69, 9.17) is 11.6 Å². The summed E-state index contributed by atoms with van der Waals surface area (Å²) in [6, 6.07) is 7.85. The van der Waals surface area contributed by atoms with Crippen molar-refractivity contribution in [3.8, 4) is 0 Å². The monoisotopic (exact) mass is 320 g/mol. The molecule has 2 saturated heterocycles. The van der Waals surface area contributed by atoms with Crippen LogP contribution < -0.4 is 0 Å². The van der Waals surface area contributed by atoms with Gasteiger partial charge in [-0.2, -0.15) is 0 Å². The summed E-state index contributed by atoms with van der Waals surface area (Å²) in [5.41, 5.74) is 1.10. The smallest absolute Gasteiger partial charge is 0.226 e. The molecule has 2 heterocycles. The van der Waals surface area contributed by atoms with Crippen LogP contribution in [0.1, 0.15) is 37.3 Å². The Hall–Kier alpha value is -1.55. The summed E-state index contributed by atoms with van der Waals surface area (Å²) in [6.45, 7) is 1.45. The third-order valence-electron chi connectivity index (χ3n) is 4.78. The number of amides is 2. The van der Waals surface area contributed by atoms with Crippen LogP contribution in [0.4, 0.5) is 0 Å². The number of carbonyl (C=O) groups is 2. The van der Waals surface area contributed by atoms with Crippen molar-refractivity contribution in [1.82, 2.24) is 9.80 Å². The van der Waals surface area contributed by atoms with Crippen molar-refractivity contribution >= 4 is 23.4 Å². The van der Waals surface area contributed by atoms with E-state index in [-0.39, 0.29) is 23.8 Å². The lowest BCUT2D eigenvalue weighted by Crippen LogP contribution is -2.43. The van der Waals surface area contributed by atoms with Crippen LogP contribution in [0.5, 0.6) is 0 Å². The van der Waals surface area contributed by atoms with Gasteiger partial charge in [-0.3, -0.25) is 9.59 Å². The first kappa shape index (κ1) is 15.3. The number of hydrogen-bond acceptors (Lipinski definition) is 2. The Labute approximate surface area is 136 Å². The van der Waals surface area contributed by atoms with E-state index >= 15 is 0 Å². The molecule has 2 amide bonds. The summed E-state index contributed by atoms with van der Waals surface area (Å²) in [6.07, 6.45) is 3.07. The largest absolute Gasteiger partial charge is 0.346 e. The molecule has 0 saturated carbocycles. The lowest BCUT2D eigenvalue weighted by Gasteiger charge is -2.33. The van der Waals surface area contributed by atoms with Crippen molar-refractivity contribution < 1.29 is 9.59 Å². The third kappa shape index (κ3) is 2.98. The van der Waals surface area contributed by atoms with E-state index in [0.29, 0.717) is 18.0 Å². The fourth-order valence-electron chi connectivity index (χ4n) is 3.48. The summed E-state index contributed by atoms with van der Waals surface area (Å²) >= 11 is 6.08. The van der Waals surface area contributed by atoms with Gasteiger partial charge in [0.2, 0.25) is 11.8 Å². The molecule has 2 aliphatic heterocycles. The lowest BCUT2D eigenvalue weighted by atomic mass is 9.94. The number of hydrogen-bond donors (Lipinski definition) is 0. The molecule has 22 heavy (non-hydrogen) atoms. The molecule has 1 aromatic rings. The Kier molecular flexibility index (Phi) is 4.39. The highest BCUT2D eigenvalue weighted by Gasteiger charge is 2.36. The van der Waals surface area contributed by atoms with Crippen LogP contribution >= 0.6 is 11.6 Å². The average Bonchev–Trinajstić information content (AvgIpc) is 2.99. The molecule has 2 atom stereocenters. The van der Waals surface area contributed by atoms with Crippen LogP contribution in [0, 0.1) is 5.92 Å². The van der Waals surface area contributed by atoms with Crippen LogP contribution in [0.25, 0.3) is 0 Å². The molecule has 3 rings (SSSR count). The zero-order chi connectivity index (χ0) is 15.7. The quantitative estimate of drug-likeness (QED) is 0.840. The van der Waals surface area contributed by atoms with Gasteiger partial charge in [0, 0.05) is 37.5 Å². The van der Waals surface area contributed by atoms with Crippen molar-refractivity contribution in [2.45, 2.75) is 31.7 Å². The van der Waals surface area contributed by atoms with Crippen LogP contribution in [-0.2, 0) is 9.59 Å². The van der Waals surface area contributed by atoms with Gasteiger partial charge >= 0.3 is 0 Å². The number of likely N-dealkylation sites (tertiary alicyclic amines) is 2. The van der Waals surface area contributed by atoms with Crippen LogP contribution in [0.2, 0.25) is 5.02 Å². The molecule has 0 aliphatic carbocycles. The van der Waals surface area contributed by atoms with Crippen molar-refractivity contribution in [2.24, 2.45) is 5.92 Å². The first-order valence-electron chi connectivity index (χ1n) is 7.86. The highest BCUT2D eigenvalue weighted by Crippen LogP contribution is 2.35. The van der Waals surface area contributed by atoms with Crippen molar-refractivity contribution in [2.75, 3.05) is 20.1 Å². The summed E-state index contributed by atoms with van der Waals surface area (Å²) < 4.78 is 0. The van der Waals surface area contributed by atoms with Crippen LogP contribution in [0.15, 0.2) is 24.3 Å². The van der Waals surface area contributed by atoms with Crippen LogP contribution in [-0.4, -0.2) is 41.8 Å². The normalized spacial score (nSPS) is 25.6. The fraction of sp³-hybridized carbons (Fsp3) is 0.529. The number of halogens is 1. The van der Waals surface area contributed by atoms with E-state index in [1.165, 1.54) is 0 Å². The Morgan fingerprint density at radius 2 is 2.09 bits per heavy atom. The number of piperidine rings is 1. The molecular weight excluding hydrogens is 300 g/mol. The number of carbonyl (C=O) groups excluding carboxylic acids is 2. The predicted molar refractivity (Wildman–Crippen MR) is 85.5 cm³/mol. The molecule has 2 fully saturated rings. The maximum Gasteiger partial charge on any atom is 0.226 e. The van der Waals surface area contributed by atoms with E-state index in [9.17, 15) is 9.59 Å². The molecule has 118 valence electrons. The molecule has 1 aromatic carbocycles. The van der Waals surface area contributed by atoms with Crippen LogP contribution in [0.3, 0.4) is 0 Å². The molecular formula is C17H21ClN2O2. The van der Waals surface area contributed by atoms with Crippen molar-refractivity contribution in [3.63, 3.8) is 0 Å². The molecule has 5 heteroatoms. The van der Waals surface area contributed by atoms with E-state index in [1.807, 2.05) is 29.2 Å². The molecule has 0 unspecified atom stereocenters. The van der Waals surface area contributed by atoms with Gasteiger partial charge in [-0.1, -0.05) is 23.7 Å². The van der Waals surface area contributed by atoms with Gasteiger partial charge in [-0.15, -0.1) is 0 Å². The summed E-state index contributed by atoms with van der Waals surface area (Å²) in [7, 11) is 1.80. The Morgan fingerprint density at radius 1 is 1.27 bits per heavy atom. The third-order valence-corrected chi connectivity index (χ3v) is 5.01. The van der Waals surface area contributed by atoms with Crippen molar-refractivity contribution in [1.29, 1.82) is 0 Å². The van der Waals surface area contributed by atoms with E-state index < -0.39 is 0 Å². The van der Waals surface area contributed by atoms with Gasteiger partial charge in [0.1, 0.15) is 0 Å². The highest BCUT2D eigenvalue weighted by atomic mass is 35.5. The second-order valence-electron chi connectivity index (χ2n) is 6.25. The first-order chi connectivity index (χ1) is 10.6. The molecule has 0 spiro atoms.